The number of benzene rings is 2. The molecule has 4 bridgehead atoms. The number of nitrogens with one attached hydrogen (secondary N) is 2. The van der Waals surface area contributed by atoms with Crippen LogP contribution < -0.4 is 5.32 Å². The molecule has 0 unspecified atom stereocenters. The number of aromatic nitrogens is 1. The summed E-state index contributed by atoms with van der Waals surface area (Å²) in [5.74, 6) is 3.06. The van der Waals surface area contributed by atoms with Gasteiger partial charge in [0.1, 0.15) is 0 Å². The standard InChI is InChI=1S/C30H34N2O/c1-18-10-25-24-4-2-3-5-26(24)32-29(25)28(31-18)23-8-6-22(7-9-23)27(33)17-30-14-19-11-20(15-30)13-21(12-19)16-30/h2-9,18-21,28,31-32H,10-17H2,1H3/t18-,19?,20?,21?,28-,30?/m0/s1. The van der Waals surface area contributed by atoms with E-state index in [2.05, 4.69) is 65.8 Å². The number of fused-ring (bicyclic) bond motifs is 3. The fraction of sp³-hybridized carbons (Fsp3) is 0.500. The van der Waals surface area contributed by atoms with Crippen molar-refractivity contribution in [1.29, 1.82) is 0 Å². The molecule has 3 heteroatoms. The summed E-state index contributed by atoms with van der Waals surface area (Å²) in [4.78, 5) is 17.0. The Kier molecular flexibility index (Phi) is 4.43. The normalized spacial score (nSPS) is 34.5. The number of carbonyl (C=O) groups is 1. The lowest BCUT2D eigenvalue weighted by molar-refractivity contribution is -0.0524. The monoisotopic (exact) mass is 438 g/mol. The largest absolute Gasteiger partial charge is 0.357 e. The molecule has 3 nitrogen and oxygen atoms in total. The quantitative estimate of drug-likeness (QED) is 0.452. The molecular formula is C30H34N2O. The molecule has 170 valence electrons. The minimum Gasteiger partial charge on any atom is -0.357 e. The Morgan fingerprint density at radius 1 is 0.939 bits per heavy atom. The van der Waals surface area contributed by atoms with Gasteiger partial charge in [0.2, 0.25) is 0 Å². The van der Waals surface area contributed by atoms with Gasteiger partial charge in [-0.2, -0.15) is 0 Å². The molecule has 4 saturated carbocycles. The van der Waals surface area contributed by atoms with Crippen molar-refractivity contribution in [3.05, 3.63) is 70.9 Å². The van der Waals surface area contributed by atoms with Crippen LogP contribution in [0.1, 0.15) is 85.1 Å². The van der Waals surface area contributed by atoms with E-state index >= 15 is 0 Å². The van der Waals surface area contributed by atoms with Gasteiger partial charge >= 0.3 is 0 Å². The molecule has 0 radical (unpaired) electrons. The Morgan fingerprint density at radius 3 is 2.30 bits per heavy atom. The van der Waals surface area contributed by atoms with Crippen molar-refractivity contribution >= 4 is 16.7 Å². The highest BCUT2D eigenvalue weighted by molar-refractivity contribution is 5.96. The van der Waals surface area contributed by atoms with Gasteiger partial charge < -0.3 is 10.3 Å². The van der Waals surface area contributed by atoms with Crippen molar-refractivity contribution < 1.29 is 4.79 Å². The van der Waals surface area contributed by atoms with Crippen molar-refractivity contribution in [2.45, 2.75) is 70.4 Å². The Balaban J connectivity index is 1.14. The van der Waals surface area contributed by atoms with E-state index < -0.39 is 0 Å². The number of para-hydroxylation sites is 1. The van der Waals surface area contributed by atoms with Crippen LogP contribution in [0, 0.1) is 23.2 Å². The predicted octanol–water partition coefficient (Wildman–Crippen LogP) is 6.58. The summed E-state index contributed by atoms with van der Waals surface area (Å²) in [5, 5.41) is 5.13. The Hall–Kier alpha value is -2.39. The Labute approximate surface area is 196 Å². The van der Waals surface area contributed by atoms with Crippen LogP contribution in [-0.4, -0.2) is 16.8 Å². The zero-order chi connectivity index (χ0) is 22.2. The van der Waals surface area contributed by atoms with Crippen LogP contribution in [0.15, 0.2) is 48.5 Å². The fourth-order valence-corrected chi connectivity index (χ4v) is 8.49. The van der Waals surface area contributed by atoms with Gasteiger partial charge in [-0.25, -0.2) is 0 Å². The second-order valence-electron chi connectivity index (χ2n) is 11.9. The van der Waals surface area contributed by atoms with Gasteiger partial charge in [-0.05, 0) is 92.2 Å². The fourth-order valence-electron chi connectivity index (χ4n) is 8.49. The summed E-state index contributed by atoms with van der Waals surface area (Å²) in [7, 11) is 0. The first-order chi connectivity index (χ1) is 16.1. The lowest BCUT2D eigenvalue weighted by atomic mass is 9.48. The van der Waals surface area contributed by atoms with Gasteiger partial charge in [0.25, 0.3) is 0 Å². The third-order valence-electron chi connectivity index (χ3n) is 9.36. The van der Waals surface area contributed by atoms with E-state index in [-0.39, 0.29) is 6.04 Å². The zero-order valence-electron chi connectivity index (χ0n) is 19.6. The molecular weight excluding hydrogens is 404 g/mol. The van der Waals surface area contributed by atoms with Crippen LogP contribution >= 0.6 is 0 Å². The molecule has 1 aliphatic heterocycles. The molecule has 33 heavy (non-hydrogen) atoms. The summed E-state index contributed by atoms with van der Waals surface area (Å²) in [6.07, 6.45) is 10.0. The van der Waals surface area contributed by atoms with Crippen LogP contribution in [0.25, 0.3) is 10.9 Å². The van der Waals surface area contributed by atoms with Crippen LogP contribution in [0.3, 0.4) is 0 Å². The first-order valence-electron chi connectivity index (χ1n) is 13.0. The minimum atomic E-state index is 0.142. The summed E-state index contributed by atoms with van der Waals surface area (Å²) in [5.41, 5.74) is 6.37. The zero-order valence-corrected chi connectivity index (χ0v) is 19.6. The number of hydrogen-bond donors (Lipinski definition) is 2. The van der Waals surface area contributed by atoms with E-state index in [1.807, 2.05) is 0 Å². The molecule has 4 aliphatic carbocycles. The molecule has 0 saturated heterocycles. The van der Waals surface area contributed by atoms with Gasteiger partial charge in [0, 0.05) is 34.6 Å². The van der Waals surface area contributed by atoms with Gasteiger partial charge in [-0.15, -0.1) is 0 Å². The SMILES string of the molecule is C[C@H]1Cc2c([nH]c3ccccc23)[C@H](c2ccc(C(=O)CC34CC5CC(CC(C5)C3)C4)cc2)N1. The van der Waals surface area contributed by atoms with E-state index in [0.717, 1.165) is 36.2 Å². The Morgan fingerprint density at radius 2 is 1.61 bits per heavy atom. The number of aromatic amines is 1. The smallest absolute Gasteiger partial charge is 0.163 e. The van der Waals surface area contributed by atoms with E-state index in [0.29, 0.717) is 17.2 Å². The predicted molar refractivity (Wildman–Crippen MR) is 132 cm³/mol. The van der Waals surface area contributed by atoms with E-state index in [1.54, 1.807) is 0 Å². The third kappa shape index (κ3) is 3.31. The molecule has 2 atom stereocenters. The first-order valence-corrected chi connectivity index (χ1v) is 13.0. The Bertz CT molecular complexity index is 1180. The average molecular weight is 439 g/mol. The van der Waals surface area contributed by atoms with Gasteiger partial charge in [-0.3, -0.25) is 4.79 Å². The van der Waals surface area contributed by atoms with Gasteiger partial charge in [-0.1, -0.05) is 42.5 Å². The topological polar surface area (TPSA) is 44.9 Å². The van der Waals surface area contributed by atoms with Crippen LogP contribution in [-0.2, 0) is 6.42 Å². The molecule has 0 amide bonds. The molecule has 2 aromatic carbocycles. The maximum absolute atomic E-state index is 13.4. The number of carbonyl (C=O) groups excluding carboxylic acids is 1. The highest BCUT2D eigenvalue weighted by atomic mass is 16.1. The lowest BCUT2D eigenvalue weighted by Gasteiger charge is -2.56. The number of rotatable bonds is 4. The second kappa shape index (κ2) is 7.30. The van der Waals surface area contributed by atoms with E-state index in [9.17, 15) is 4.79 Å². The van der Waals surface area contributed by atoms with E-state index in [4.69, 9.17) is 0 Å². The van der Waals surface area contributed by atoms with E-state index in [1.165, 1.54) is 66.2 Å². The van der Waals surface area contributed by atoms with Crippen LogP contribution in [0.2, 0.25) is 0 Å². The van der Waals surface area contributed by atoms with Crippen molar-refractivity contribution in [3.8, 4) is 0 Å². The number of H-pyrrole nitrogens is 1. The number of ketones is 1. The molecule has 3 aromatic rings. The lowest BCUT2D eigenvalue weighted by Crippen LogP contribution is -2.46. The summed E-state index contributed by atoms with van der Waals surface area (Å²) in [6.45, 7) is 2.26. The van der Waals surface area contributed by atoms with Crippen molar-refractivity contribution in [3.63, 3.8) is 0 Å². The molecule has 5 aliphatic rings. The molecule has 2 N–H and O–H groups in total. The second-order valence-corrected chi connectivity index (χ2v) is 11.9. The number of hydrogen-bond acceptors (Lipinski definition) is 2. The molecule has 4 fully saturated rings. The summed E-state index contributed by atoms with van der Waals surface area (Å²) < 4.78 is 0. The van der Waals surface area contributed by atoms with Crippen molar-refractivity contribution in [2.24, 2.45) is 23.2 Å². The minimum absolute atomic E-state index is 0.142. The molecule has 8 rings (SSSR count). The third-order valence-corrected chi connectivity index (χ3v) is 9.36. The number of Topliss-reactive ketones (excluding diaryl/α,β-unsaturated/α-hetero) is 1. The summed E-state index contributed by atoms with van der Waals surface area (Å²) >= 11 is 0. The maximum atomic E-state index is 13.4. The molecule has 2 heterocycles. The van der Waals surface area contributed by atoms with Gasteiger partial charge in [0.05, 0.1) is 6.04 Å². The highest BCUT2D eigenvalue weighted by Crippen LogP contribution is 2.61. The maximum Gasteiger partial charge on any atom is 0.163 e. The highest BCUT2D eigenvalue weighted by Gasteiger charge is 2.51. The molecule has 1 aromatic heterocycles. The van der Waals surface area contributed by atoms with Crippen molar-refractivity contribution in [2.75, 3.05) is 0 Å². The summed E-state index contributed by atoms with van der Waals surface area (Å²) in [6, 6.07) is 17.7. The first kappa shape index (κ1) is 20.0. The molecule has 0 spiro atoms. The van der Waals surface area contributed by atoms with Crippen LogP contribution in [0.4, 0.5) is 0 Å². The van der Waals surface area contributed by atoms with Gasteiger partial charge in [0.15, 0.2) is 5.78 Å². The average Bonchev–Trinajstić information content (AvgIpc) is 3.16. The van der Waals surface area contributed by atoms with Crippen LogP contribution in [0.5, 0.6) is 0 Å². The van der Waals surface area contributed by atoms with Crippen molar-refractivity contribution in [1.82, 2.24) is 10.3 Å².